The van der Waals surface area contributed by atoms with Crippen molar-refractivity contribution in [2.75, 3.05) is 5.75 Å². The molecule has 3 unspecified atom stereocenters. The quantitative estimate of drug-likeness (QED) is 0.820. The predicted molar refractivity (Wildman–Crippen MR) is 79.0 cm³/mol. The number of hydrogen-bond donors (Lipinski definition) is 1. The van der Waals surface area contributed by atoms with Crippen molar-refractivity contribution in [3.05, 3.63) is 11.5 Å². The minimum absolute atomic E-state index is 0.0907. The normalized spacial score (nSPS) is 35.4. The highest BCUT2D eigenvalue weighted by atomic mass is 32.2. The molecule has 0 bridgehead atoms. The third kappa shape index (κ3) is 2.71. The molecule has 6 nitrogen and oxygen atoms in total. The summed E-state index contributed by atoms with van der Waals surface area (Å²) in [4.78, 5) is 26.7. The van der Waals surface area contributed by atoms with Crippen molar-refractivity contribution in [1.29, 1.82) is 0 Å². The summed E-state index contributed by atoms with van der Waals surface area (Å²) in [6.45, 7) is 7.22. The zero-order valence-corrected chi connectivity index (χ0v) is 13.6. The summed E-state index contributed by atoms with van der Waals surface area (Å²) in [6.07, 6.45) is 1.97. The largest absolute Gasteiger partial charge is 0.340 e. The molecular weight excluding hydrogens is 292 g/mol. The molecule has 21 heavy (non-hydrogen) atoms. The van der Waals surface area contributed by atoms with E-state index in [4.69, 9.17) is 0 Å². The molecule has 1 N–H and O–H groups in total. The van der Waals surface area contributed by atoms with Gasteiger partial charge in [-0.3, -0.25) is 9.59 Å². The summed E-state index contributed by atoms with van der Waals surface area (Å²) in [5.41, 5.74) is -0.970. The van der Waals surface area contributed by atoms with Gasteiger partial charge in [0.05, 0.1) is 11.8 Å². The van der Waals surface area contributed by atoms with Crippen LogP contribution in [0.1, 0.15) is 34.1 Å². The zero-order chi connectivity index (χ0) is 16.0. The van der Waals surface area contributed by atoms with E-state index in [-0.39, 0.29) is 23.5 Å². The summed E-state index contributed by atoms with van der Waals surface area (Å²) < 4.78 is 23.3. The van der Waals surface area contributed by atoms with E-state index in [0.717, 1.165) is 5.41 Å². The Kier molecular flexibility index (Phi) is 3.90. The van der Waals surface area contributed by atoms with Gasteiger partial charge in [-0.05, 0) is 25.3 Å². The van der Waals surface area contributed by atoms with Crippen molar-refractivity contribution < 1.29 is 18.0 Å². The summed E-state index contributed by atoms with van der Waals surface area (Å²) >= 11 is 0. The second-order valence-electron chi connectivity index (χ2n) is 6.30. The van der Waals surface area contributed by atoms with Gasteiger partial charge in [0.2, 0.25) is 11.8 Å². The third-order valence-corrected chi connectivity index (χ3v) is 5.66. The van der Waals surface area contributed by atoms with Crippen LogP contribution in [0.2, 0.25) is 0 Å². The molecule has 0 aliphatic carbocycles. The fraction of sp³-hybridized carbons (Fsp3) is 0.714. The Balaban J connectivity index is 2.43. The molecular formula is C14H22N2O4S. The first-order chi connectivity index (χ1) is 9.61. The smallest absolute Gasteiger partial charge is 0.249 e. The maximum Gasteiger partial charge on any atom is 0.249 e. The Labute approximate surface area is 125 Å². The van der Waals surface area contributed by atoms with Crippen LogP contribution in [0.3, 0.4) is 0 Å². The Morgan fingerprint density at radius 1 is 1.43 bits per heavy atom. The summed E-state index contributed by atoms with van der Waals surface area (Å²) in [5.74, 6) is -0.663. The minimum Gasteiger partial charge on any atom is -0.340 e. The maximum atomic E-state index is 12.8. The number of carbonyl (C=O) groups excluding carboxylic acids is 2. The van der Waals surface area contributed by atoms with Gasteiger partial charge in [-0.15, -0.1) is 0 Å². The first-order valence-electron chi connectivity index (χ1n) is 7.17. The average molecular weight is 314 g/mol. The highest BCUT2D eigenvalue weighted by Crippen LogP contribution is 2.29. The van der Waals surface area contributed by atoms with Crippen molar-refractivity contribution in [2.45, 2.75) is 51.7 Å². The first-order valence-corrected chi connectivity index (χ1v) is 8.88. The third-order valence-electron chi connectivity index (χ3n) is 4.28. The number of rotatable bonds is 3. The van der Waals surface area contributed by atoms with Gasteiger partial charge in [-0.25, -0.2) is 8.42 Å². The molecule has 1 saturated heterocycles. The van der Waals surface area contributed by atoms with Crippen LogP contribution < -0.4 is 5.32 Å². The van der Waals surface area contributed by atoms with Crippen molar-refractivity contribution in [3.63, 3.8) is 0 Å². The van der Waals surface area contributed by atoms with E-state index >= 15 is 0 Å². The standard InChI is InChI=1S/C14H22N2O4S/c1-5-14(4)13(18)16(10-6-7-21(19,20)8-10)11(9(2)3)12(17)15-14/h6-7,9-11H,5,8H2,1-4H3,(H,15,17). The van der Waals surface area contributed by atoms with Gasteiger partial charge in [0, 0.05) is 5.41 Å². The molecule has 2 amide bonds. The molecule has 118 valence electrons. The molecule has 0 spiro atoms. The van der Waals surface area contributed by atoms with Gasteiger partial charge in [-0.2, -0.15) is 0 Å². The monoisotopic (exact) mass is 314 g/mol. The van der Waals surface area contributed by atoms with Crippen LogP contribution in [0.4, 0.5) is 0 Å². The molecule has 2 heterocycles. The highest BCUT2D eigenvalue weighted by molar-refractivity contribution is 7.94. The van der Waals surface area contributed by atoms with Crippen LogP contribution in [0, 0.1) is 5.92 Å². The first kappa shape index (κ1) is 16.0. The minimum atomic E-state index is -3.28. The lowest BCUT2D eigenvalue weighted by atomic mass is 9.87. The second-order valence-corrected chi connectivity index (χ2v) is 8.23. The van der Waals surface area contributed by atoms with Gasteiger partial charge >= 0.3 is 0 Å². The van der Waals surface area contributed by atoms with Crippen LogP contribution in [-0.4, -0.2) is 48.5 Å². The topological polar surface area (TPSA) is 83.6 Å². The van der Waals surface area contributed by atoms with Gasteiger partial charge in [0.25, 0.3) is 0 Å². The van der Waals surface area contributed by atoms with Gasteiger partial charge < -0.3 is 10.2 Å². The fourth-order valence-corrected chi connectivity index (χ4v) is 4.17. The molecule has 0 radical (unpaired) electrons. The molecule has 7 heteroatoms. The average Bonchev–Trinajstić information content (AvgIpc) is 2.73. The van der Waals surface area contributed by atoms with Gasteiger partial charge in [0.1, 0.15) is 11.6 Å². The number of nitrogens with one attached hydrogen (secondary N) is 1. The van der Waals surface area contributed by atoms with E-state index in [0.29, 0.717) is 6.42 Å². The fourth-order valence-electron chi connectivity index (χ4n) is 2.89. The van der Waals surface area contributed by atoms with Crippen LogP contribution in [0.5, 0.6) is 0 Å². The van der Waals surface area contributed by atoms with Gasteiger partial charge in [0.15, 0.2) is 9.84 Å². The molecule has 1 fully saturated rings. The lowest BCUT2D eigenvalue weighted by Crippen LogP contribution is -2.72. The summed E-state index contributed by atoms with van der Waals surface area (Å²) in [5, 5.41) is 3.93. The lowest BCUT2D eigenvalue weighted by molar-refractivity contribution is -0.157. The van der Waals surface area contributed by atoms with Gasteiger partial charge in [-0.1, -0.05) is 20.8 Å². The van der Waals surface area contributed by atoms with E-state index in [1.807, 2.05) is 20.8 Å². The van der Waals surface area contributed by atoms with E-state index in [1.54, 1.807) is 6.92 Å². The number of nitrogens with zero attached hydrogens (tertiary/aromatic N) is 1. The number of hydrogen-bond acceptors (Lipinski definition) is 4. The number of carbonyl (C=O) groups is 2. The van der Waals surface area contributed by atoms with Crippen LogP contribution in [-0.2, 0) is 19.4 Å². The predicted octanol–water partition coefficient (Wildman–Crippen LogP) is 0.449. The maximum absolute atomic E-state index is 12.8. The van der Waals surface area contributed by atoms with Crippen molar-refractivity contribution in [2.24, 2.45) is 5.92 Å². The Morgan fingerprint density at radius 2 is 2.05 bits per heavy atom. The Hall–Kier alpha value is -1.37. The van der Waals surface area contributed by atoms with Crippen molar-refractivity contribution >= 4 is 21.7 Å². The molecule has 0 aromatic rings. The molecule has 0 aromatic heterocycles. The highest BCUT2D eigenvalue weighted by Gasteiger charge is 2.50. The van der Waals surface area contributed by atoms with Crippen LogP contribution in [0.25, 0.3) is 0 Å². The molecule has 2 rings (SSSR count). The zero-order valence-electron chi connectivity index (χ0n) is 12.8. The Bertz CT molecular complexity index is 596. The van der Waals surface area contributed by atoms with Crippen molar-refractivity contribution in [3.8, 4) is 0 Å². The Morgan fingerprint density at radius 3 is 2.48 bits per heavy atom. The molecule has 3 atom stereocenters. The molecule has 2 aliphatic heterocycles. The number of piperazine rings is 1. The van der Waals surface area contributed by atoms with E-state index in [2.05, 4.69) is 5.32 Å². The molecule has 0 aromatic carbocycles. The second kappa shape index (κ2) is 5.12. The van der Waals surface area contributed by atoms with E-state index in [9.17, 15) is 18.0 Å². The molecule has 0 saturated carbocycles. The SMILES string of the molecule is CCC1(C)NC(=O)C(C(C)C)N(C2C=CS(=O)(=O)C2)C1=O. The van der Waals surface area contributed by atoms with Crippen LogP contribution >= 0.6 is 0 Å². The number of amides is 2. The van der Waals surface area contributed by atoms with E-state index in [1.165, 1.54) is 11.0 Å². The van der Waals surface area contributed by atoms with E-state index < -0.39 is 27.5 Å². The number of sulfone groups is 1. The van der Waals surface area contributed by atoms with Crippen LogP contribution in [0.15, 0.2) is 11.5 Å². The molecule has 2 aliphatic rings. The lowest BCUT2D eigenvalue weighted by Gasteiger charge is -2.47. The summed E-state index contributed by atoms with van der Waals surface area (Å²) in [7, 11) is -3.28. The van der Waals surface area contributed by atoms with Crippen molar-refractivity contribution in [1.82, 2.24) is 10.2 Å². The summed E-state index contributed by atoms with van der Waals surface area (Å²) in [6, 6.07) is -1.20.